The van der Waals surface area contributed by atoms with Gasteiger partial charge in [0.2, 0.25) is 0 Å². The molecule has 4 heteroatoms. The van der Waals surface area contributed by atoms with Gasteiger partial charge in [-0.3, -0.25) is 0 Å². The number of halogens is 2. The van der Waals surface area contributed by atoms with Crippen LogP contribution in [0, 0.1) is 11.6 Å². The molecule has 2 N–H and O–H groups in total. The summed E-state index contributed by atoms with van der Waals surface area (Å²) in [7, 11) is 0. The Morgan fingerprint density at radius 3 is 2.76 bits per heavy atom. The highest BCUT2D eigenvalue weighted by atomic mass is 19.2. The van der Waals surface area contributed by atoms with Gasteiger partial charge in [-0.15, -0.1) is 0 Å². The van der Waals surface area contributed by atoms with Gasteiger partial charge < -0.3 is 10.5 Å². The summed E-state index contributed by atoms with van der Waals surface area (Å²) in [5.74, 6) is -1.65. The fourth-order valence-electron chi connectivity index (χ4n) is 2.18. The summed E-state index contributed by atoms with van der Waals surface area (Å²) >= 11 is 0. The van der Waals surface area contributed by atoms with Crippen LogP contribution < -0.4 is 5.73 Å². The SMILES string of the molecule is NC1CCCC(OCc2ccc(F)c(F)c2)C1. The molecule has 1 aliphatic rings. The van der Waals surface area contributed by atoms with E-state index < -0.39 is 11.6 Å². The first kappa shape index (κ1) is 12.5. The van der Waals surface area contributed by atoms with Crippen LogP contribution in [0.1, 0.15) is 31.2 Å². The maximum absolute atomic E-state index is 13.0. The largest absolute Gasteiger partial charge is 0.373 e. The predicted octanol–water partition coefficient (Wildman–Crippen LogP) is 2.75. The summed E-state index contributed by atoms with van der Waals surface area (Å²) in [5, 5.41) is 0. The second kappa shape index (κ2) is 5.56. The van der Waals surface area contributed by atoms with Gasteiger partial charge in [0, 0.05) is 6.04 Å². The Bertz CT molecular complexity index is 384. The Kier molecular flexibility index (Phi) is 4.07. The highest BCUT2D eigenvalue weighted by Crippen LogP contribution is 2.21. The molecule has 1 aromatic rings. The first-order chi connectivity index (χ1) is 8.15. The van der Waals surface area contributed by atoms with Crippen LogP contribution in [0.3, 0.4) is 0 Å². The molecule has 0 amide bonds. The number of benzene rings is 1. The van der Waals surface area contributed by atoms with Crippen LogP contribution in [0.4, 0.5) is 8.78 Å². The van der Waals surface area contributed by atoms with Crippen molar-refractivity contribution in [1.29, 1.82) is 0 Å². The summed E-state index contributed by atoms with van der Waals surface area (Å²) in [6.07, 6.45) is 4.11. The lowest BCUT2D eigenvalue weighted by Crippen LogP contribution is -2.32. The molecule has 1 aromatic carbocycles. The van der Waals surface area contributed by atoms with Gasteiger partial charge in [0.05, 0.1) is 12.7 Å². The fraction of sp³-hybridized carbons (Fsp3) is 0.538. The van der Waals surface area contributed by atoms with Crippen LogP contribution in [-0.2, 0) is 11.3 Å². The zero-order valence-corrected chi connectivity index (χ0v) is 9.66. The molecule has 0 heterocycles. The monoisotopic (exact) mass is 241 g/mol. The lowest BCUT2D eigenvalue weighted by Gasteiger charge is -2.26. The number of ether oxygens (including phenoxy) is 1. The highest BCUT2D eigenvalue weighted by Gasteiger charge is 2.19. The Balaban J connectivity index is 1.86. The molecule has 2 unspecified atom stereocenters. The quantitative estimate of drug-likeness (QED) is 0.883. The van der Waals surface area contributed by atoms with Gasteiger partial charge in [-0.25, -0.2) is 8.78 Å². The molecule has 94 valence electrons. The van der Waals surface area contributed by atoms with Crippen LogP contribution >= 0.6 is 0 Å². The fourth-order valence-corrected chi connectivity index (χ4v) is 2.18. The van der Waals surface area contributed by atoms with E-state index in [-0.39, 0.29) is 12.1 Å². The van der Waals surface area contributed by atoms with Crippen LogP contribution in [0.15, 0.2) is 18.2 Å². The first-order valence-electron chi connectivity index (χ1n) is 5.96. The van der Waals surface area contributed by atoms with E-state index in [2.05, 4.69) is 0 Å². The van der Waals surface area contributed by atoms with E-state index in [1.54, 1.807) is 6.07 Å². The molecule has 0 saturated heterocycles. The summed E-state index contributed by atoms with van der Waals surface area (Å²) < 4.78 is 31.3. The van der Waals surface area contributed by atoms with Gasteiger partial charge in [0.25, 0.3) is 0 Å². The molecule has 0 radical (unpaired) electrons. The Morgan fingerprint density at radius 1 is 1.24 bits per heavy atom. The van der Waals surface area contributed by atoms with Crippen LogP contribution in [0.5, 0.6) is 0 Å². The molecule has 2 rings (SSSR count). The first-order valence-corrected chi connectivity index (χ1v) is 5.96. The Morgan fingerprint density at radius 2 is 2.06 bits per heavy atom. The number of hydrogen-bond donors (Lipinski definition) is 1. The third kappa shape index (κ3) is 3.48. The third-order valence-corrected chi connectivity index (χ3v) is 3.14. The van der Waals surface area contributed by atoms with Crippen molar-refractivity contribution in [3.8, 4) is 0 Å². The molecule has 0 bridgehead atoms. The van der Waals surface area contributed by atoms with Crippen molar-refractivity contribution in [3.63, 3.8) is 0 Å². The van der Waals surface area contributed by atoms with Crippen molar-refractivity contribution in [3.05, 3.63) is 35.4 Å². The predicted molar refractivity (Wildman–Crippen MR) is 61.4 cm³/mol. The van der Waals surface area contributed by atoms with Crippen molar-refractivity contribution < 1.29 is 13.5 Å². The number of nitrogens with two attached hydrogens (primary N) is 1. The van der Waals surface area contributed by atoms with Crippen LogP contribution in [0.25, 0.3) is 0 Å². The molecular formula is C13H17F2NO. The van der Waals surface area contributed by atoms with Gasteiger partial charge in [-0.1, -0.05) is 6.07 Å². The zero-order valence-electron chi connectivity index (χ0n) is 9.66. The van der Waals surface area contributed by atoms with Crippen LogP contribution in [0.2, 0.25) is 0 Å². The molecule has 2 nitrogen and oxygen atoms in total. The van der Waals surface area contributed by atoms with Gasteiger partial charge in [-0.2, -0.15) is 0 Å². The molecular weight excluding hydrogens is 224 g/mol. The number of rotatable bonds is 3. The molecule has 1 saturated carbocycles. The molecule has 1 aliphatic carbocycles. The molecule has 17 heavy (non-hydrogen) atoms. The van der Waals surface area contributed by atoms with E-state index >= 15 is 0 Å². The summed E-state index contributed by atoms with van der Waals surface area (Å²) in [5.41, 5.74) is 6.50. The zero-order chi connectivity index (χ0) is 12.3. The van der Waals surface area contributed by atoms with E-state index in [0.717, 1.165) is 31.7 Å². The standard InChI is InChI=1S/C13H17F2NO/c14-12-5-4-9(6-13(12)15)8-17-11-3-1-2-10(16)7-11/h4-6,10-11H,1-3,7-8,16H2. The highest BCUT2D eigenvalue weighted by molar-refractivity contribution is 5.16. The number of hydrogen-bond acceptors (Lipinski definition) is 2. The molecule has 0 spiro atoms. The normalized spacial score (nSPS) is 24.9. The lowest BCUT2D eigenvalue weighted by atomic mass is 9.93. The second-order valence-electron chi connectivity index (χ2n) is 4.61. The van der Waals surface area contributed by atoms with Crippen molar-refractivity contribution in [1.82, 2.24) is 0 Å². The molecule has 0 aliphatic heterocycles. The second-order valence-corrected chi connectivity index (χ2v) is 4.61. The van der Waals surface area contributed by atoms with Crippen molar-refractivity contribution >= 4 is 0 Å². The third-order valence-electron chi connectivity index (χ3n) is 3.14. The maximum atomic E-state index is 13.0. The average Bonchev–Trinajstić information content (AvgIpc) is 2.31. The Labute approximate surface area is 99.8 Å². The Hall–Kier alpha value is -1.00. The summed E-state index contributed by atoms with van der Waals surface area (Å²) in [4.78, 5) is 0. The van der Waals surface area contributed by atoms with Crippen LogP contribution in [-0.4, -0.2) is 12.1 Å². The van der Waals surface area contributed by atoms with E-state index in [1.807, 2.05) is 0 Å². The van der Waals surface area contributed by atoms with Gasteiger partial charge in [0.15, 0.2) is 11.6 Å². The van der Waals surface area contributed by atoms with E-state index in [4.69, 9.17) is 10.5 Å². The minimum Gasteiger partial charge on any atom is -0.373 e. The molecule has 0 aromatic heterocycles. The lowest BCUT2D eigenvalue weighted by molar-refractivity contribution is 0.0121. The van der Waals surface area contributed by atoms with E-state index in [9.17, 15) is 8.78 Å². The average molecular weight is 241 g/mol. The van der Waals surface area contributed by atoms with E-state index in [0.29, 0.717) is 12.2 Å². The van der Waals surface area contributed by atoms with Gasteiger partial charge in [-0.05, 0) is 43.4 Å². The van der Waals surface area contributed by atoms with Crippen molar-refractivity contribution in [2.75, 3.05) is 0 Å². The molecule has 2 atom stereocenters. The smallest absolute Gasteiger partial charge is 0.159 e. The minimum atomic E-state index is -0.827. The van der Waals surface area contributed by atoms with E-state index in [1.165, 1.54) is 6.07 Å². The van der Waals surface area contributed by atoms with Gasteiger partial charge >= 0.3 is 0 Å². The maximum Gasteiger partial charge on any atom is 0.159 e. The summed E-state index contributed by atoms with van der Waals surface area (Å²) in [6.45, 7) is 0.314. The minimum absolute atomic E-state index is 0.145. The molecule has 1 fully saturated rings. The summed E-state index contributed by atoms with van der Waals surface area (Å²) in [6, 6.07) is 4.05. The topological polar surface area (TPSA) is 35.2 Å². The van der Waals surface area contributed by atoms with Crippen molar-refractivity contribution in [2.24, 2.45) is 5.73 Å². The van der Waals surface area contributed by atoms with Gasteiger partial charge in [0.1, 0.15) is 0 Å². The van der Waals surface area contributed by atoms with Crippen molar-refractivity contribution in [2.45, 2.75) is 44.4 Å².